The molecule has 0 bridgehead atoms. The Morgan fingerprint density at radius 1 is 1.12 bits per heavy atom. The summed E-state index contributed by atoms with van der Waals surface area (Å²) in [6.07, 6.45) is 1.27. The predicted octanol–water partition coefficient (Wildman–Crippen LogP) is 2.48. The molecular formula is C23H22N4O3S2. The number of fused-ring (bicyclic) bond motifs is 1. The lowest BCUT2D eigenvalue weighted by atomic mass is 10.1. The van der Waals surface area contributed by atoms with E-state index in [1.807, 2.05) is 71.6 Å². The van der Waals surface area contributed by atoms with Gasteiger partial charge >= 0.3 is 0 Å². The molecule has 164 valence electrons. The summed E-state index contributed by atoms with van der Waals surface area (Å²) in [5.74, 6) is -0.303. The summed E-state index contributed by atoms with van der Waals surface area (Å²) in [6.45, 7) is 0.825. The van der Waals surface area contributed by atoms with E-state index >= 15 is 0 Å². The molecule has 2 saturated heterocycles. The molecule has 7 nitrogen and oxygen atoms in total. The normalized spacial score (nSPS) is 23.0. The van der Waals surface area contributed by atoms with Crippen LogP contribution in [0.3, 0.4) is 0 Å². The summed E-state index contributed by atoms with van der Waals surface area (Å²) in [5, 5.41) is 12.7. The highest BCUT2D eigenvalue weighted by Crippen LogP contribution is 2.39. The van der Waals surface area contributed by atoms with E-state index in [9.17, 15) is 18.5 Å². The number of aliphatic imine (C=N–C) groups is 1. The number of nitriles is 1. The Morgan fingerprint density at radius 3 is 2.44 bits per heavy atom. The highest BCUT2D eigenvalue weighted by Gasteiger charge is 2.48. The molecule has 2 fully saturated rings. The number of nitrogens with zero attached hydrogens (tertiary/aromatic N) is 3. The first kappa shape index (κ1) is 22.1. The molecule has 2 atom stereocenters. The zero-order valence-electron chi connectivity index (χ0n) is 17.2. The number of benzene rings is 2. The first-order chi connectivity index (χ1) is 15.4. The SMILES string of the molecule is N#C/C(=C\N=C1S[C@@H]2CS(=O)(=O)C[C@H]2N1Cc1ccccc1)C(=O)NCc1ccccc1. The van der Waals surface area contributed by atoms with E-state index in [0.717, 1.165) is 11.1 Å². The van der Waals surface area contributed by atoms with Crippen molar-refractivity contribution in [2.75, 3.05) is 11.5 Å². The molecule has 2 aromatic carbocycles. The molecule has 1 N–H and O–H groups in total. The van der Waals surface area contributed by atoms with Gasteiger partial charge in [0.25, 0.3) is 5.91 Å². The van der Waals surface area contributed by atoms with Gasteiger partial charge in [0, 0.05) is 18.3 Å². The largest absolute Gasteiger partial charge is 0.347 e. The molecule has 0 unspecified atom stereocenters. The molecule has 2 aliphatic rings. The lowest BCUT2D eigenvalue weighted by Crippen LogP contribution is -2.36. The van der Waals surface area contributed by atoms with Crippen molar-refractivity contribution in [3.05, 3.63) is 83.6 Å². The van der Waals surface area contributed by atoms with Gasteiger partial charge in [-0.2, -0.15) is 5.26 Å². The maximum Gasteiger partial charge on any atom is 0.263 e. The number of hydrogen-bond acceptors (Lipinski definition) is 6. The number of amidine groups is 1. The summed E-state index contributed by atoms with van der Waals surface area (Å²) in [4.78, 5) is 18.9. The molecule has 1 amide bonds. The molecule has 0 aliphatic carbocycles. The molecule has 4 rings (SSSR count). The van der Waals surface area contributed by atoms with E-state index in [2.05, 4.69) is 10.3 Å². The summed E-state index contributed by atoms with van der Waals surface area (Å²) in [6, 6.07) is 20.9. The van der Waals surface area contributed by atoms with Gasteiger partial charge in [-0.15, -0.1) is 0 Å². The number of carbonyl (C=O) groups excluding carboxylic acids is 1. The highest BCUT2D eigenvalue weighted by molar-refractivity contribution is 8.15. The standard InChI is InChI=1S/C23H22N4O3S2/c24-11-19(22(28)25-12-17-7-3-1-4-8-17)13-26-23-27(14-18-9-5-2-6-10-18)20-15-32(29,30)16-21(20)31-23/h1-10,13,20-21H,12,14-16H2,(H,25,28)/b19-13+,26-23?/t20-,21-/m1/s1. The Kier molecular flexibility index (Phi) is 6.63. The summed E-state index contributed by atoms with van der Waals surface area (Å²) in [5.41, 5.74) is 1.87. The van der Waals surface area contributed by atoms with Gasteiger partial charge in [-0.1, -0.05) is 72.4 Å². The Hall–Kier alpha value is -3.09. The number of hydrogen-bond donors (Lipinski definition) is 1. The van der Waals surface area contributed by atoms with Crippen molar-refractivity contribution in [1.82, 2.24) is 10.2 Å². The second kappa shape index (κ2) is 9.59. The Bertz CT molecular complexity index is 1190. The van der Waals surface area contributed by atoms with Gasteiger partial charge in [-0.25, -0.2) is 13.4 Å². The van der Waals surface area contributed by atoms with E-state index in [4.69, 9.17) is 0 Å². The minimum atomic E-state index is -3.09. The minimum absolute atomic E-state index is 0.0862. The monoisotopic (exact) mass is 466 g/mol. The number of rotatable bonds is 6. The van der Waals surface area contributed by atoms with Crippen LogP contribution in [0.15, 0.2) is 77.4 Å². The first-order valence-corrected chi connectivity index (χ1v) is 12.8. The molecule has 2 heterocycles. The van der Waals surface area contributed by atoms with Gasteiger partial charge in [0.2, 0.25) is 0 Å². The van der Waals surface area contributed by atoms with E-state index in [1.165, 1.54) is 18.0 Å². The van der Waals surface area contributed by atoms with E-state index < -0.39 is 15.7 Å². The van der Waals surface area contributed by atoms with Gasteiger partial charge < -0.3 is 10.2 Å². The van der Waals surface area contributed by atoms with Gasteiger partial charge in [-0.3, -0.25) is 4.79 Å². The summed E-state index contributed by atoms with van der Waals surface area (Å²) >= 11 is 1.40. The van der Waals surface area contributed by atoms with Crippen LogP contribution in [-0.2, 0) is 27.7 Å². The van der Waals surface area contributed by atoms with Crippen LogP contribution in [0.4, 0.5) is 0 Å². The van der Waals surface area contributed by atoms with Gasteiger partial charge in [0.05, 0.1) is 23.7 Å². The van der Waals surface area contributed by atoms with Crippen LogP contribution in [0, 0.1) is 11.3 Å². The van der Waals surface area contributed by atoms with Gasteiger partial charge in [0.15, 0.2) is 15.0 Å². The molecule has 9 heteroatoms. The third-order valence-corrected chi connectivity index (χ3v) is 8.60. The lowest BCUT2D eigenvalue weighted by Gasteiger charge is -2.24. The van der Waals surface area contributed by atoms with Crippen molar-refractivity contribution < 1.29 is 13.2 Å². The topological polar surface area (TPSA) is 103 Å². The lowest BCUT2D eigenvalue weighted by molar-refractivity contribution is -0.117. The van der Waals surface area contributed by atoms with Crippen molar-refractivity contribution in [3.8, 4) is 6.07 Å². The van der Waals surface area contributed by atoms with Crippen LogP contribution in [0.2, 0.25) is 0 Å². The van der Waals surface area contributed by atoms with E-state index in [0.29, 0.717) is 18.3 Å². The van der Waals surface area contributed by atoms with Crippen molar-refractivity contribution in [2.45, 2.75) is 24.4 Å². The van der Waals surface area contributed by atoms with Crippen LogP contribution in [0.5, 0.6) is 0 Å². The Labute approximate surface area is 191 Å². The molecule has 32 heavy (non-hydrogen) atoms. The predicted molar refractivity (Wildman–Crippen MR) is 125 cm³/mol. The summed E-state index contributed by atoms with van der Waals surface area (Å²) in [7, 11) is -3.09. The van der Waals surface area contributed by atoms with Gasteiger partial charge in [0.1, 0.15) is 11.6 Å². The molecule has 2 aliphatic heterocycles. The third kappa shape index (κ3) is 5.21. The van der Waals surface area contributed by atoms with E-state index in [-0.39, 0.29) is 28.4 Å². The maximum atomic E-state index is 12.4. The zero-order valence-corrected chi connectivity index (χ0v) is 18.8. The highest BCUT2D eigenvalue weighted by atomic mass is 32.2. The van der Waals surface area contributed by atoms with Crippen LogP contribution < -0.4 is 5.32 Å². The van der Waals surface area contributed by atoms with Crippen molar-refractivity contribution in [2.24, 2.45) is 4.99 Å². The van der Waals surface area contributed by atoms with Crippen molar-refractivity contribution >= 4 is 32.7 Å². The number of nitrogens with one attached hydrogen (secondary N) is 1. The fourth-order valence-corrected chi connectivity index (χ4v) is 7.67. The Morgan fingerprint density at radius 2 is 1.78 bits per heavy atom. The molecule has 0 saturated carbocycles. The molecule has 0 radical (unpaired) electrons. The molecule has 0 aromatic heterocycles. The average Bonchev–Trinajstić information content (AvgIpc) is 3.26. The molecule has 0 spiro atoms. The summed E-state index contributed by atoms with van der Waals surface area (Å²) < 4.78 is 24.3. The third-order valence-electron chi connectivity index (χ3n) is 5.34. The van der Waals surface area contributed by atoms with Crippen molar-refractivity contribution in [1.29, 1.82) is 5.26 Å². The van der Waals surface area contributed by atoms with Crippen molar-refractivity contribution in [3.63, 3.8) is 0 Å². The second-order valence-electron chi connectivity index (χ2n) is 7.65. The Balaban J connectivity index is 1.52. The zero-order chi connectivity index (χ0) is 22.6. The van der Waals surface area contributed by atoms with Crippen LogP contribution >= 0.6 is 11.8 Å². The second-order valence-corrected chi connectivity index (χ2v) is 11.0. The first-order valence-electron chi connectivity index (χ1n) is 10.1. The maximum absolute atomic E-state index is 12.4. The number of carbonyl (C=O) groups is 1. The van der Waals surface area contributed by atoms with E-state index in [1.54, 1.807) is 0 Å². The van der Waals surface area contributed by atoms with Crippen LogP contribution in [-0.4, -0.2) is 47.2 Å². The van der Waals surface area contributed by atoms with Crippen LogP contribution in [0.25, 0.3) is 0 Å². The van der Waals surface area contributed by atoms with Crippen LogP contribution in [0.1, 0.15) is 11.1 Å². The number of thioether (sulfide) groups is 1. The fraction of sp³-hybridized carbons (Fsp3) is 0.261. The number of amides is 1. The molecule has 2 aromatic rings. The van der Waals surface area contributed by atoms with Gasteiger partial charge in [-0.05, 0) is 11.1 Å². The quantitative estimate of drug-likeness (QED) is 0.518. The number of sulfone groups is 1. The minimum Gasteiger partial charge on any atom is -0.347 e. The smallest absolute Gasteiger partial charge is 0.263 e. The average molecular weight is 467 g/mol. The fourth-order valence-electron chi connectivity index (χ4n) is 3.75. The molecular weight excluding hydrogens is 444 g/mol.